The summed E-state index contributed by atoms with van der Waals surface area (Å²) in [7, 11) is -1.91. The van der Waals surface area contributed by atoms with Gasteiger partial charge < -0.3 is 9.30 Å². The van der Waals surface area contributed by atoms with Crippen LogP contribution in [0.1, 0.15) is 19.0 Å². The quantitative estimate of drug-likeness (QED) is 0.566. The minimum absolute atomic E-state index is 0.0374. The summed E-state index contributed by atoms with van der Waals surface area (Å²) >= 11 is 0. The van der Waals surface area contributed by atoms with Gasteiger partial charge in [0.2, 0.25) is 11.3 Å². The molecule has 0 spiro atoms. The number of aryl methyl sites for hydroxylation is 1. The van der Waals surface area contributed by atoms with E-state index in [4.69, 9.17) is 4.74 Å². The monoisotopic (exact) mass is 435 g/mol. The highest BCUT2D eigenvalue weighted by Crippen LogP contribution is 2.27. The van der Waals surface area contributed by atoms with Crippen molar-refractivity contribution >= 4 is 9.84 Å². The van der Waals surface area contributed by atoms with E-state index in [-0.39, 0.29) is 22.7 Å². The highest BCUT2D eigenvalue weighted by Gasteiger charge is 2.18. The fraction of sp³-hybridized carbons (Fsp3) is 0.250. The molecule has 0 bridgehead atoms. The van der Waals surface area contributed by atoms with Gasteiger partial charge in [-0.1, -0.05) is 13.0 Å². The molecule has 0 aliphatic rings. The molecular weight excluding hydrogens is 416 g/mol. The Morgan fingerprint density at radius 2 is 1.80 bits per heavy atom. The number of sulfone groups is 1. The summed E-state index contributed by atoms with van der Waals surface area (Å²) in [5.41, 5.74) is 0.582. The molecule has 0 aliphatic carbocycles. The lowest BCUT2D eigenvalue weighted by Gasteiger charge is -2.11. The first-order chi connectivity index (χ1) is 14.2. The van der Waals surface area contributed by atoms with Crippen LogP contribution >= 0.6 is 0 Å². The number of nitrogens with zero attached hydrogens (tertiary/aromatic N) is 3. The summed E-state index contributed by atoms with van der Waals surface area (Å²) in [6.45, 7) is 1.74. The highest BCUT2D eigenvalue weighted by molar-refractivity contribution is 7.90. The van der Waals surface area contributed by atoms with Crippen molar-refractivity contribution in [2.45, 2.75) is 19.1 Å². The first-order valence-corrected chi connectivity index (χ1v) is 10.9. The van der Waals surface area contributed by atoms with Gasteiger partial charge >= 0.3 is 6.01 Å². The van der Waals surface area contributed by atoms with Crippen molar-refractivity contribution in [1.29, 1.82) is 0 Å². The molecule has 2 aromatic heterocycles. The molecule has 0 atom stereocenters. The summed E-state index contributed by atoms with van der Waals surface area (Å²) in [4.78, 5) is 19.8. The molecule has 30 heavy (non-hydrogen) atoms. The fourth-order valence-electron chi connectivity index (χ4n) is 2.77. The first kappa shape index (κ1) is 21.6. The van der Waals surface area contributed by atoms with Crippen LogP contribution in [0.5, 0.6) is 11.8 Å². The second kappa shape index (κ2) is 8.70. The van der Waals surface area contributed by atoms with Crippen LogP contribution in [-0.2, 0) is 22.6 Å². The molecular formula is C20H19F2N3O4S. The molecule has 0 saturated heterocycles. The molecule has 7 nitrogen and oxygen atoms in total. The van der Waals surface area contributed by atoms with Crippen molar-refractivity contribution in [2.75, 3.05) is 5.75 Å². The number of rotatable bonds is 7. The van der Waals surface area contributed by atoms with E-state index in [1.807, 2.05) is 0 Å². The predicted octanol–water partition coefficient (Wildman–Crippen LogP) is 3.24. The van der Waals surface area contributed by atoms with Gasteiger partial charge in [-0.3, -0.25) is 4.79 Å². The van der Waals surface area contributed by atoms with Crippen molar-refractivity contribution < 1.29 is 21.9 Å². The molecule has 3 aromatic rings. The van der Waals surface area contributed by atoms with Crippen LogP contribution in [0.25, 0.3) is 11.3 Å². The van der Waals surface area contributed by atoms with Crippen molar-refractivity contribution in [3.63, 3.8) is 0 Å². The maximum Gasteiger partial charge on any atom is 0.322 e. The third-order valence-electron chi connectivity index (χ3n) is 4.14. The molecule has 0 saturated carbocycles. The van der Waals surface area contributed by atoms with E-state index in [1.165, 1.54) is 35.0 Å². The minimum Gasteiger partial charge on any atom is -0.418 e. The summed E-state index contributed by atoms with van der Waals surface area (Å²) in [5.74, 6) is -3.03. The zero-order valence-electron chi connectivity index (χ0n) is 16.3. The summed E-state index contributed by atoms with van der Waals surface area (Å²) in [5, 5.41) is 0. The first-order valence-electron chi connectivity index (χ1n) is 9.06. The van der Waals surface area contributed by atoms with Crippen molar-refractivity contribution in [3.05, 3.63) is 70.3 Å². The summed E-state index contributed by atoms with van der Waals surface area (Å²) < 4.78 is 59.0. The second-order valence-electron chi connectivity index (χ2n) is 6.64. The zero-order valence-corrected chi connectivity index (χ0v) is 17.1. The van der Waals surface area contributed by atoms with Gasteiger partial charge in [0.05, 0.1) is 22.9 Å². The van der Waals surface area contributed by atoms with Crippen molar-refractivity contribution in [2.24, 2.45) is 7.05 Å². The molecule has 0 aliphatic heterocycles. The van der Waals surface area contributed by atoms with Crippen LogP contribution in [-0.4, -0.2) is 28.7 Å². The Labute approximate surface area is 171 Å². The van der Waals surface area contributed by atoms with Gasteiger partial charge in [0, 0.05) is 24.9 Å². The molecule has 0 radical (unpaired) electrons. The smallest absolute Gasteiger partial charge is 0.322 e. The van der Waals surface area contributed by atoms with Crippen LogP contribution in [0.15, 0.2) is 47.4 Å². The largest absolute Gasteiger partial charge is 0.418 e. The number of ether oxygens (including phenoxy) is 1. The van der Waals surface area contributed by atoms with Crippen LogP contribution in [0, 0.1) is 11.6 Å². The van der Waals surface area contributed by atoms with Gasteiger partial charge in [0.15, 0.2) is 21.5 Å². The van der Waals surface area contributed by atoms with Crippen LogP contribution in [0.4, 0.5) is 8.78 Å². The predicted molar refractivity (Wildman–Crippen MR) is 107 cm³/mol. The molecule has 0 N–H and O–H groups in total. The topological polar surface area (TPSA) is 91.2 Å². The lowest BCUT2D eigenvalue weighted by molar-refractivity contribution is 0.381. The molecule has 3 rings (SSSR count). The minimum atomic E-state index is -3.45. The molecule has 0 unspecified atom stereocenters. The second-order valence-corrected chi connectivity index (χ2v) is 8.82. The Morgan fingerprint density at radius 1 is 1.10 bits per heavy atom. The van der Waals surface area contributed by atoms with Gasteiger partial charge in [-0.2, -0.15) is 9.97 Å². The number of halogens is 2. The summed E-state index contributed by atoms with van der Waals surface area (Å²) in [6, 6.07) is 7.07. The number of pyridine rings is 1. The molecule has 0 fully saturated rings. The van der Waals surface area contributed by atoms with Crippen LogP contribution in [0.3, 0.4) is 0 Å². The van der Waals surface area contributed by atoms with E-state index >= 15 is 0 Å². The van der Waals surface area contributed by atoms with Crippen molar-refractivity contribution in [3.8, 4) is 23.0 Å². The SMILES string of the molecule is CCCS(=O)(=O)Cc1cc(-c2ccc(=O)n(C)c2)nc(Oc2c(F)cccc2F)n1. The van der Waals surface area contributed by atoms with E-state index in [1.54, 1.807) is 14.0 Å². The Kier molecular flexibility index (Phi) is 6.25. The maximum atomic E-state index is 14.0. The Morgan fingerprint density at radius 3 is 2.43 bits per heavy atom. The number of para-hydroxylation sites is 1. The number of benzene rings is 1. The standard InChI is InChI=1S/C20H19F2N3O4S/c1-3-9-30(27,28)12-14-10-17(13-7-8-18(26)25(2)11-13)24-20(23-14)29-19-15(21)5-4-6-16(19)22/h4-8,10-11H,3,9,12H2,1-2H3. The average molecular weight is 435 g/mol. The normalized spacial score (nSPS) is 11.5. The van der Waals surface area contributed by atoms with Crippen LogP contribution < -0.4 is 10.3 Å². The highest BCUT2D eigenvalue weighted by atomic mass is 32.2. The average Bonchev–Trinajstić information content (AvgIpc) is 2.66. The summed E-state index contributed by atoms with van der Waals surface area (Å²) in [6.07, 6.45) is 1.94. The van der Waals surface area contributed by atoms with E-state index in [2.05, 4.69) is 9.97 Å². The van der Waals surface area contributed by atoms with Crippen molar-refractivity contribution in [1.82, 2.24) is 14.5 Å². The number of aromatic nitrogens is 3. The molecule has 1 aromatic carbocycles. The maximum absolute atomic E-state index is 14.0. The third kappa shape index (κ3) is 5.07. The van der Waals surface area contributed by atoms with Gasteiger partial charge in [-0.05, 0) is 30.7 Å². The van der Waals surface area contributed by atoms with Gasteiger partial charge in [-0.15, -0.1) is 0 Å². The fourth-order valence-corrected chi connectivity index (χ4v) is 4.13. The van der Waals surface area contributed by atoms with Crippen LogP contribution in [0.2, 0.25) is 0 Å². The number of hydrogen-bond donors (Lipinski definition) is 0. The lowest BCUT2D eigenvalue weighted by Crippen LogP contribution is -2.14. The van der Waals surface area contributed by atoms with E-state index in [0.29, 0.717) is 12.0 Å². The third-order valence-corrected chi connectivity index (χ3v) is 5.90. The Hall–Kier alpha value is -3.14. The zero-order chi connectivity index (χ0) is 21.9. The van der Waals surface area contributed by atoms with Gasteiger partial charge in [-0.25, -0.2) is 17.2 Å². The Balaban J connectivity index is 2.10. The number of hydrogen-bond acceptors (Lipinski definition) is 6. The molecule has 2 heterocycles. The van der Waals surface area contributed by atoms with E-state index in [0.717, 1.165) is 12.1 Å². The van der Waals surface area contributed by atoms with Gasteiger partial charge in [0.1, 0.15) is 0 Å². The molecule has 10 heteroatoms. The lowest BCUT2D eigenvalue weighted by atomic mass is 10.2. The van der Waals surface area contributed by atoms with Gasteiger partial charge in [0.25, 0.3) is 0 Å². The molecule has 0 amide bonds. The van der Waals surface area contributed by atoms with E-state index in [9.17, 15) is 22.0 Å². The Bertz CT molecular complexity index is 1220. The van der Waals surface area contributed by atoms with E-state index < -0.39 is 39.0 Å². The molecule has 158 valence electrons.